The van der Waals surface area contributed by atoms with Crippen molar-refractivity contribution in [3.63, 3.8) is 0 Å². The van der Waals surface area contributed by atoms with Gasteiger partial charge in [-0.05, 0) is 26.7 Å². The van der Waals surface area contributed by atoms with E-state index in [9.17, 15) is 14.4 Å². The van der Waals surface area contributed by atoms with E-state index < -0.39 is 11.5 Å². The van der Waals surface area contributed by atoms with Crippen LogP contribution in [0.2, 0.25) is 0 Å². The predicted molar refractivity (Wildman–Crippen MR) is 72.0 cm³/mol. The molecule has 2 amide bonds. The average molecular weight is 282 g/mol. The van der Waals surface area contributed by atoms with Crippen LogP contribution in [0.3, 0.4) is 0 Å². The van der Waals surface area contributed by atoms with Gasteiger partial charge in [-0.2, -0.15) is 0 Å². The number of carboxylic acid groups (broad SMARTS) is 1. The summed E-state index contributed by atoms with van der Waals surface area (Å²) in [4.78, 5) is 36.9. The van der Waals surface area contributed by atoms with Crippen molar-refractivity contribution < 1.29 is 19.5 Å². The molecule has 1 heterocycles. The minimum absolute atomic E-state index is 0.00209. The lowest BCUT2D eigenvalue weighted by atomic mass is 9.82. The molecule has 1 saturated carbocycles. The number of nitrogens with one attached hydrogen (secondary N) is 1. The van der Waals surface area contributed by atoms with E-state index >= 15 is 0 Å². The van der Waals surface area contributed by atoms with E-state index in [0.717, 1.165) is 25.7 Å². The van der Waals surface area contributed by atoms with Crippen LogP contribution in [0.1, 0.15) is 52.4 Å². The maximum Gasteiger partial charge on any atom is 0.303 e. The highest BCUT2D eigenvalue weighted by molar-refractivity contribution is 5.93. The summed E-state index contributed by atoms with van der Waals surface area (Å²) in [6.07, 6.45) is 3.61. The number of aliphatic carboxylic acids is 1. The molecule has 1 aliphatic heterocycles. The van der Waals surface area contributed by atoms with Gasteiger partial charge in [-0.3, -0.25) is 14.4 Å². The molecule has 6 heteroatoms. The van der Waals surface area contributed by atoms with Gasteiger partial charge in [-0.15, -0.1) is 0 Å². The summed E-state index contributed by atoms with van der Waals surface area (Å²) < 4.78 is 0. The summed E-state index contributed by atoms with van der Waals surface area (Å²) in [5.41, 5.74) is -0.909. The molecule has 20 heavy (non-hydrogen) atoms. The van der Waals surface area contributed by atoms with Crippen LogP contribution in [0.25, 0.3) is 0 Å². The second-order valence-electron chi connectivity index (χ2n) is 6.15. The lowest BCUT2D eigenvalue weighted by Crippen LogP contribution is -2.72. The molecule has 2 aliphatic rings. The standard InChI is InChI=1S/C14H22N2O4/c1-14(2)13(20)15-9-5-3-4-6-10(9)16(14)11(17)7-8-12(18)19/h9-10H,3-8H2,1-2H3,(H,15,20)(H,18,19)/t9-,10+/m0/s1. The van der Waals surface area contributed by atoms with Crippen molar-refractivity contribution in [3.05, 3.63) is 0 Å². The van der Waals surface area contributed by atoms with Crippen LogP contribution in [0.4, 0.5) is 0 Å². The quantitative estimate of drug-likeness (QED) is 0.805. The fourth-order valence-corrected chi connectivity index (χ4v) is 3.29. The van der Waals surface area contributed by atoms with Crippen molar-refractivity contribution >= 4 is 17.8 Å². The first-order chi connectivity index (χ1) is 9.34. The Morgan fingerprint density at radius 2 is 1.95 bits per heavy atom. The summed E-state index contributed by atoms with van der Waals surface area (Å²) in [5.74, 6) is -1.37. The lowest BCUT2D eigenvalue weighted by Gasteiger charge is -2.52. The first-order valence-corrected chi connectivity index (χ1v) is 7.19. The molecule has 2 fully saturated rings. The fraction of sp³-hybridized carbons (Fsp3) is 0.786. The Morgan fingerprint density at radius 3 is 2.60 bits per heavy atom. The van der Waals surface area contributed by atoms with Crippen molar-refractivity contribution in [1.29, 1.82) is 0 Å². The number of nitrogens with zero attached hydrogens (tertiary/aromatic N) is 1. The number of amides is 2. The highest BCUT2D eigenvalue weighted by atomic mass is 16.4. The van der Waals surface area contributed by atoms with Gasteiger partial charge < -0.3 is 15.3 Å². The monoisotopic (exact) mass is 282 g/mol. The zero-order valence-electron chi connectivity index (χ0n) is 12.0. The van der Waals surface area contributed by atoms with Crippen LogP contribution in [0.5, 0.6) is 0 Å². The minimum Gasteiger partial charge on any atom is -0.481 e. The van der Waals surface area contributed by atoms with Gasteiger partial charge in [0.05, 0.1) is 12.5 Å². The Morgan fingerprint density at radius 1 is 1.30 bits per heavy atom. The molecule has 2 atom stereocenters. The molecule has 0 aromatic heterocycles. The highest BCUT2D eigenvalue weighted by Crippen LogP contribution is 2.33. The minimum atomic E-state index is -0.988. The third kappa shape index (κ3) is 2.64. The molecule has 1 aliphatic carbocycles. The molecule has 1 saturated heterocycles. The number of fused-ring (bicyclic) bond motifs is 1. The van der Waals surface area contributed by atoms with Gasteiger partial charge in [-0.1, -0.05) is 12.8 Å². The van der Waals surface area contributed by atoms with E-state index in [1.54, 1.807) is 18.7 Å². The van der Waals surface area contributed by atoms with Crippen molar-refractivity contribution in [2.45, 2.75) is 70.0 Å². The van der Waals surface area contributed by atoms with E-state index in [4.69, 9.17) is 5.11 Å². The maximum absolute atomic E-state index is 12.4. The Hall–Kier alpha value is -1.59. The molecule has 2 rings (SSSR count). The summed E-state index contributed by atoms with van der Waals surface area (Å²) in [6.45, 7) is 3.46. The molecule has 0 spiro atoms. The van der Waals surface area contributed by atoms with Crippen LogP contribution in [0.15, 0.2) is 0 Å². The van der Waals surface area contributed by atoms with Crippen LogP contribution >= 0.6 is 0 Å². The molecular formula is C14H22N2O4. The molecule has 0 bridgehead atoms. The Balaban J connectivity index is 2.21. The number of piperazine rings is 1. The van der Waals surface area contributed by atoms with Gasteiger partial charge in [0.25, 0.3) is 0 Å². The van der Waals surface area contributed by atoms with Crippen LogP contribution in [0, 0.1) is 0 Å². The van der Waals surface area contributed by atoms with Gasteiger partial charge >= 0.3 is 5.97 Å². The number of carbonyl (C=O) groups is 3. The Bertz CT molecular complexity index is 433. The SMILES string of the molecule is CC1(C)C(=O)N[C@H]2CCCC[C@H]2N1C(=O)CCC(=O)O. The van der Waals surface area contributed by atoms with E-state index in [2.05, 4.69) is 5.32 Å². The highest BCUT2D eigenvalue weighted by Gasteiger charge is 2.49. The van der Waals surface area contributed by atoms with Gasteiger partial charge in [-0.25, -0.2) is 0 Å². The third-order valence-corrected chi connectivity index (χ3v) is 4.36. The smallest absolute Gasteiger partial charge is 0.303 e. The molecule has 6 nitrogen and oxygen atoms in total. The van der Waals surface area contributed by atoms with Crippen LogP contribution < -0.4 is 5.32 Å². The molecule has 0 aromatic carbocycles. The summed E-state index contributed by atoms with van der Waals surface area (Å²) in [5, 5.41) is 11.7. The van der Waals surface area contributed by atoms with Crippen LogP contribution in [-0.2, 0) is 14.4 Å². The number of carboxylic acids is 1. The number of carbonyl (C=O) groups excluding carboxylic acids is 2. The van der Waals surface area contributed by atoms with Gasteiger partial charge in [0, 0.05) is 12.5 Å². The van der Waals surface area contributed by atoms with E-state index in [0.29, 0.717) is 0 Å². The molecule has 0 aromatic rings. The summed E-state index contributed by atoms with van der Waals surface area (Å²) in [7, 11) is 0. The van der Waals surface area contributed by atoms with E-state index in [-0.39, 0.29) is 36.7 Å². The largest absolute Gasteiger partial charge is 0.481 e. The zero-order chi connectivity index (χ0) is 14.9. The second kappa shape index (κ2) is 5.42. The first kappa shape index (κ1) is 14.8. The fourth-order valence-electron chi connectivity index (χ4n) is 3.29. The van der Waals surface area contributed by atoms with Crippen molar-refractivity contribution in [3.8, 4) is 0 Å². The molecule has 2 N–H and O–H groups in total. The van der Waals surface area contributed by atoms with E-state index in [1.807, 2.05) is 0 Å². The zero-order valence-corrected chi connectivity index (χ0v) is 12.0. The predicted octanol–water partition coefficient (Wildman–Crippen LogP) is 0.899. The second-order valence-corrected chi connectivity index (χ2v) is 6.15. The van der Waals surface area contributed by atoms with Crippen molar-refractivity contribution in [2.24, 2.45) is 0 Å². The number of hydrogen-bond acceptors (Lipinski definition) is 3. The molecule has 0 radical (unpaired) electrons. The number of rotatable bonds is 3. The molecular weight excluding hydrogens is 260 g/mol. The Kier molecular flexibility index (Phi) is 4.01. The Labute approximate surface area is 118 Å². The summed E-state index contributed by atoms with van der Waals surface area (Å²) in [6, 6.07) is 0.01000. The summed E-state index contributed by atoms with van der Waals surface area (Å²) >= 11 is 0. The van der Waals surface area contributed by atoms with Gasteiger partial charge in [0.1, 0.15) is 5.54 Å². The lowest BCUT2D eigenvalue weighted by molar-refractivity contribution is -0.158. The van der Waals surface area contributed by atoms with Crippen LogP contribution in [-0.4, -0.2) is 45.4 Å². The van der Waals surface area contributed by atoms with E-state index in [1.165, 1.54) is 0 Å². The van der Waals surface area contributed by atoms with Gasteiger partial charge in [0.15, 0.2) is 0 Å². The average Bonchev–Trinajstić information content (AvgIpc) is 2.37. The maximum atomic E-state index is 12.4. The van der Waals surface area contributed by atoms with Crippen molar-refractivity contribution in [1.82, 2.24) is 10.2 Å². The first-order valence-electron chi connectivity index (χ1n) is 7.19. The van der Waals surface area contributed by atoms with Crippen molar-refractivity contribution in [2.75, 3.05) is 0 Å². The topological polar surface area (TPSA) is 86.7 Å². The normalized spacial score (nSPS) is 28.5. The van der Waals surface area contributed by atoms with Gasteiger partial charge in [0.2, 0.25) is 11.8 Å². The molecule has 112 valence electrons. The third-order valence-electron chi connectivity index (χ3n) is 4.36. The number of hydrogen-bond donors (Lipinski definition) is 2. The molecule has 0 unspecified atom stereocenters.